The molecule has 30 atom stereocenters. The lowest BCUT2D eigenvalue weighted by Gasteiger charge is -2.51. The Bertz CT molecular complexity index is 1870. The van der Waals surface area contributed by atoms with Crippen LogP contribution in [0.1, 0.15) is 20.8 Å². The Morgan fingerprint density at radius 3 is 1.05 bits per heavy atom. The van der Waals surface area contributed by atoms with Crippen molar-refractivity contribution in [1.82, 2.24) is 16.0 Å². The van der Waals surface area contributed by atoms with Crippen LogP contribution in [0, 0.1) is 0 Å². The van der Waals surface area contributed by atoms with E-state index >= 15 is 0 Å². The number of nitrogens with one attached hydrogen (secondary N) is 3. The molecule has 6 aliphatic heterocycles. The first-order valence-corrected chi connectivity index (χ1v) is 24.3. The summed E-state index contributed by atoms with van der Waals surface area (Å²) in [6, 6.07) is -9.53. The Morgan fingerprint density at radius 2 is 0.645 bits per heavy atom. The van der Waals surface area contributed by atoms with Crippen molar-refractivity contribution in [3.05, 3.63) is 0 Å². The molecule has 0 aromatic carbocycles. The molecule has 6 saturated heterocycles. The first-order chi connectivity index (χ1) is 35.9. The van der Waals surface area contributed by atoms with E-state index in [9.17, 15) is 85.9 Å². The lowest BCUT2D eigenvalue weighted by atomic mass is 9.93. The lowest BCUT2D eigenvalue weighted by Crippen LogP contribution is -2.72. The Morgan fingerprint density at radius 1 is 0.355 bits per heavy atom. The highest BCUT2D eigenvalue weighted by Gasteiger charge is 2.58. The number of nitrogens with two attached hydrogens (primary N) is 3. The third kappa shape index (κ3) is 13.5. The summed E-state index contributed by atoms with van der Waals surface area (Å²) in [4.78, 5) is 36.9. The van der Waals surface area contributed by atoms with Gasteiger partial charge in [0.15, 0.2) is 37.7 Å². The summed E-state index contributed by atoms with van der Waals surface area (Å²) in [5, 5.41) is 157. The zero-order valence-corrected chi connectivity index (χ0v) is 41.3. The largest absolute Gasteiger partial charge is 0.394 e. The fraction of sp³-hybridized carbons (Fsp3) is 0.929. The second kappa shape index (κ2) is 27.2. The van der Waals surface area contributed by atoms with Crippen molar-refractivity contribution in [3.8, 4) is 0 Å². The van der Waals surface area contributed by atoms with E-state index in [0.717, 1.165) is 20.8 Å². The standard InChI is InChI=1S/C42H74N6O28/c1-10(55)46-22-29(62)33(15(6-51)66-37(22)65)72-39-20(44)28(61)32(16(7-52)69-39)75-41-23(47-11(2)56)30(63)35(18(9-54)70-41)74-40-21(45)36(26(59)14(5-50)68-40)76-42-24(48-12(3)57)31(64)34(17(8-53)71-42)73-38-19(43)27(60)25(58)13(4-49)67-38/h13-42,49-54,58-65H,4-9,43-45H2,1-3H3,(H,46,55)(H,47,56)(H,48,57)/t13-,14-,15-,16-,17-,18-,19-,20-,21-,22-,23-,24-,25-,26-,27-,28-,29-,30-,31-,32-,33-,34-,35-,36-,37-,38+,39+,40+,41-,42-/m1/s1. The van der Waals surface area contributed by atoms with E-state index in [2.05, 4.69) is 16.0 Å². The van der Waals surface area contributed by atoms with Crippen LogP contribution >= 0.6 is 0 Å². The number of hydrogen-bond acceptors (Lipinski definition) is 31. The van der Waals surface area contributed by atoms with Crippen molar-refractivity contribution in [3.63, 3.8) is 0 Å². The predicted octanol–water partition coefficient (Wildman–Crippen LogP) is -13.8. The smallest absolute Gasteiger partial charge is 0.217 e. The molecule has 0 spiro atoms. The van der Waals surface area contributed by atoms with Crippen LogP contribution in [-0.2, 0) is 66.5 Å². The first-order valence-electron chi connectivity index (χ1n) is 24.3. The van der Waals surface area contributed by atoms with E-state index < -0.39 is 241 Å². The van der Waals surface area contributed by atoms with Crippen molar-refractivity contribution in [2.45, 2.75) is 205 Å². The molecule has 34 nitrogen and oxygen atoms in total. The molecule has 0 unspecified atom stereocenters. The molecule has 23 N–H and O–H groups in total. The first kappa shape index (κ1) is 62.5. The van der Waals surface area contributed by atoms with E-state index in [1.54, 1.807) is 0 Å². The maximum Gasteiger partial charge on any atom is 0.217 e. The number of rotatable bonds is 19. The van der Waals surface area contributed by atoms with Gasteiger partial charge in [0.1, 0.15) is 128 Å². The van der Waals surface area contributed by atoms with Crippen LogP contribution in [0.4, 0.5) is 0 Å². The average molecular weight is 1110 g/mol. The molecule has 34 heteroatoms. The van der Waals surface area contributed by atoms with Crippen molar-refractivity contribution in [1.29, 1.82) is 0 Å². The van der Waals surface area contributed by atoms with E-state index in [1.165, 1.54) is 0 Å². The molecular weight excluding hydrogens is 1040 g/mol. The summed E-state index contributed by atoms with van der Waals surface area (Å²) in [7, 11) is 0. The van der Waals surface area contributed by atoms with Gasteiger partial charge >= 0.3 is 0 Å². The number of amides is 3. The van der Waals surface area contributed by atoms with Gasteiger partial charge in [0, 0.05) is 20.8 Å². The van der Waals surface area contributed by atoms with Crippen LogP contribution < -0.4 is 33.2 Å². The topological polar surface area (TPSA) is 550 Å². The fourth-order valence-corrected chi connectivity index (χ4v) is 9.88. The molecule has 6 rings (SSSR count). The lowest BCUT2D eigenvalue weighted by molar-refractivity contribution is -0.367. The van der Waals surface area contributed by atoms with Gasteiger partial charge in [-0.3, -0.25) is 14.4 Å². The highest BCUT2D eigenvalue weighted by Crippen LogP contribution is 2.36. The minimum Gasteiger partial charge on any atom is -0.394 e. The summed E-state index contributed by atoms with van der Waals surface area (Å²) in [6.07, 6.45) is -40.8. The Labute approximate surface area is 432 Å². The van der Waals surface area contributed by atoms with Gasteiger partial charge in [0.2, 0.25) is 17.7 Å². The highest BCUT2D eigenvalue weighted by atomic mass is 16.8. The summed E-state index contributed by atoms with van der Waals surface area (Å²) >= 11 is 0. The van der Waals surface area contributed by atoms with Crippen LogP contribution in [0.25, 0.3) is 0 Å². The van der Waals surface area contributed by atoms with E-state index in [1.807, 2.05) is 0 Å². The molecule has 0 aromatic rings. The maximum absolute atomic E-state index is 12.6. The van der Waals surface area contributed by atoms with Crippen LogP contribution in [0.2, 0.25) is 0 Å². The zero-order valence-electron chi connectivity index (χ0n) is 41.3. The quantitative estimate of drug-likeness (QED) is 0.0571. The molecule has 6 aliphatic rings. The third-order valence-electron chi connectivity index (χ3n) is 13.9. The minimum absolute atomic E-state index is 0.667. The van der Waals surface area contributed by atoms with Gasteiger partial charge in [0.25, 0.3) is 0 Å². The number of aliphatic hydroxyl groups excluding tert-OH is 14. The van der Waals surface area contributed by atoms with Gasteiger partial charge in [-0.15, -0.1) is 0 Å². The van der Waals surface area contributed by atoms with E-state index in [-0.39, 0.29) is 0 Å². The number of aliphatic hydroxyl groups is 14. The van der Waals surface area contributed by atoms with Crippen LogP contribution in [0.15, 0.2) is 0 Å². The molecule has 6 fully saturated rings. The molecule has 0 radical (unpaired) electrons. The molecule has 3 amide bonds. The molecule has 0 aliphatic carbocycles. The van der Waals surface area contributed by atoms with Crippen molar-refractivity contribution < 1.29 is 138 Å². The summed E-state index contributed by atoms with van der Waals surface area (Å²) in [5.74, 6) is -2.22. The van der Waals surface area contributed by atoms with Gasteiger partial charge in [-0.2, -0.15) is 0 Å². The van der Waals surface area contributed by atoms with Crippen LogP contribution in [0.3, 0.4) is 0 Å². The van der Waals surface area contributed by atoms with Gasteiger partial charge in [-0.05, 0) is 0 Å². The van der Waals surface area contributed by atoms with Crippen molar-refractivity contribution in [2.24, 2.45) is 17.2 Å². The summed E-state index contributed by atoms with van der Waals surface area (Å²) in [6.45, 7) is -2.16. The predicted molar refractivity (Wildman–Crippen MR) is 240 cm³/mol. The molecule has 0 bridgehead atoms. The summed E-state index contributed by atoms with van der Waals surface area (Å²) in [5.41, 5.74) is 19.0. The van der Waals surface area contributed by atoms with Crippen LogP contribution in [-0.4, -0.2) is 313 Å². The second-order valence-electron chi connectivity index (χ2n) is 19.2. The maximum atomic E-state index is 12.6. The SMILES string of the molecule is CC(=O)N[C@@H]1[C@@H](O)[C@H](O[C@@H]2O[C@H](CO)[C@@H](O[C@H]3O[C@H](CO)[C@@H](O[C@@H]4O[C@H](CO)[C@@H](O)[C@H](O[C@H]5O[C@H](CO)[C@@H](O[C@@H]6O[C@H](CO)[C@@H](O)[C@H](O)[C@H]6N)[C@H](O)[C@H]5NC(C)=O)[C@H]4N)[C@H](O)[C@H]3NC(C)=O)[C@H](O)[C@H]2N)[C@@H](CO)O[C@H]1O. The molecule has 0 aromatic heterocycles. The normalized spacial score (nSPS) is 48.2. The molecule has 6 heterocycles. The number of carbonyl (C=O) groups excluding carboxylic acids is 3. The molecule has 440 valence electrons. The fourth-order valence-electron chi connectivity index (χ4n) is 9.88. The van der Waals surface area contributed by atoms with Crippen LogP contribution in [0.5, 0.6) is 0 Å². The molecule has 76 heavy (non-hydrogen) atoms. The van der Waals surface area contributed by atoms with Gasteiger partial charge in [-0.1, -0.05) is 0 Å². The average Bonchev–Trinajstić information content (AvgIpc) is 3.38. The summed E-state index contributed by atoms with van der Waals surface area (Å²) < 4.78 is 64.4. The zero-order chi connectivity index (χ0) is 56.2. The Hall–Kier alpha value is -2.71. The Kier molecular flexibility index (Phi) is 22.3. The minimum atomic E-state index is -1.97. The third-order valence-corrected chi connectivity index (χ3v) is 13.9. The van der Waals surface area contributed by atoms with E-state index in [4.69, 9.17) is 69.3 Å². The number of carbonyl (C=O) groups is 3. The monoisotopic (exact) mass is 1110 g/mol. The van der Waals surface area contributed by atoms with Gasteiger partial charge in [0.05, 0.1) is 57.8 Å². The van der Waals surface area contributed by atoms with Gasteiger partial charge in [-0.25, -0.2) is 0 Å². The van der Waals surface area contributed by atoms with Crippen molar-refractivity contribution >= 4 is 17.7 Å². The molecule has 0 saturated carbocycles. The Balaban J connectivity index is 1.18. The van der Waals surface area contributed by atoms with Gasteiger partial charge < -0.3 is 157 Å². The molecular formula is C42H74N6O28. The second-order valence-corrected chi connectivity index (χ2v) is 19.2. The number of hydrogen-bond donors (Lipinski definition) is 20. The van der Waals surface area contributed by atoms with E-state index in [0.29, 0.717) is 0 Å². The van der Waals surface area contributed by atoms with Crippen molar-refractivity contribution in [2.75, 3.05) is 39.6 Å². The number of ether oxygens (including phenoxy) is 11. The highest BCUT2D eigenvalue weighted by molar-refractivity contribution is 5.74.